The highest BCUT2D eigenvalue weighted by atomic mass is 16.5. The molecule has 2 aromatic carbocycles. The molecule has 1 aromatic heterocycles. The lowest BCUT2D eigenvalue weighted by atomic mass is 10.1. The van der Waals surface area contributed by atoms with Crippen LogP contribution in [0.2, 0.25) is 0 Å². The Hall–Kier alpha value is -2.76. The Morgan fingerprint density at radius 3 is 2.47 bits per heavy atom. The van der Waals surface area contributed by atoms with Crippen molar-refractivity contribution in [3.05, 3.63) is 59.9 Å². The first-order valence-corrected chi connectivity index (χ1v) is 11.5. The van der Waals surface area contributed by atoms with E-state index in [4.69, 9.17) is 13.9 Å². The highest BCUT2D eigenvalue weighted by Gasteiger charge is 2.21. The third-order valence-corrected chi connectivity index (χ3v) is 5.74. The molecule has 0 spiro atoms. The van der Waals surface area contributed by atoms with E-state index >= 15 is 0 Å². The van der Waals surface area contributed by atoms with Gasteiger partial charge in [0.05, 0.1) is 18.8 Å². The van der Waals surface area contributed by atoms with Gasteiger partial charge in [-0.2, -0.15) is 0 Å². The summed E-state index contributed by atoms with van der Waals surface area (Å²) < 4.78 is 17.8. The molecule has 170 valence electrons. The first-order valence-electron chi connectivity index (χ1n) is 11.5. The largest absolute Gasteiger partial charge is 0.493 e. The fourth-order valence-corrected chi connectivity index (χ4v) is 4.21. The second-order valence-corrected chi connectivity index (χ2v) is 8.89. The minimum atomic E-state index is 0.307. The van der Waals surface area contributed by atoms with Crippen LogP contribution >= 0.6 is 0 Å². The Morgan fingerprint density at radius 1 is 1.00 bits per heavy atom. The summed E-state index contributed by atoms with van der Waals surface area (Å²) in [5, 5.41) is 1.08. The predicted octanol–water partition coefficient (Wildman–Crippen LogP) is 5.55. The monoisotopic (exact) mass is 434 g/mol. The minimum Gasteiger partial charge on any atom is -0.493 e. The zero-order valence-electron chi connectivity index (χ0n) is 19.6. The number of ether oxygens (including phenoxy) is 2. The second-order valence-electron chi connectivity index (χ2n) is 8.89. The number of furan rings is 1. The average Bonchev–Trinajstić information content (AvgIpc) is 3.17. The van der Waals surface area contributed by atoms with E-state index < -0.39 is 0 Å². The first-order chi connectivity index (χ1) is 15.5. The summed E-state index contributed by atoms with van der Waals surface area (Å²) in [5.74, 6) is 1.69. The van der Waals surface area contributed by atoms with Gasteiger partial charge in [-0.15, -0.1) is 0 Å². The maximum absolute atomic E-state index is 6.02. The Bertz CT molecular complexity index is 1030. The number of rotatable bonds is 8. The molecule has 2 heterocycles. The van der Waals surface area contributed by atoms with Crippen molar-refractivity contribution in [3.8, 4) is 5.75 Å². The molecule has 0 bridgehead atoms. The fourth-order valence-electron chi connectivity index (χ4n) is 4.21. The molecule has 4 rings (SSSR count). The maximum Gasteiger partial charge on any atom is 0.138 e. The van der Waals surface area contributed by atoms with Crippen molar-refractivity contribution in [1.82, 2.24) is 4.90 Å². The van der Waals surface area contributed by atoms with E-state index in [9.17, 15) is 0 Å². The molecule has 1 aliphatic heterocycles. The zero-order chi connectivity index (χ0) is 22.5. The van der Waals surface area contributed by atoms with Gasteiger partial charge in [-0.25, -0.2) is 0 Å². The molecule has 1 aliphatic rings. The number of hydrogen-bond acceptors (Lipinski definition) is 5. The third-order valence-electron chi connectivity index (χ3n) is 5.74. The van der Waals surface area contributed by atoms with Gasteiger partial charge in [0.2, 0.25) is 0 Å². The molecule has 0 amide bonds. The van der Waals surface area contributed by atoms with Gasteiger partial charge in [0.25, 0.3) is 0 Å². The van der Waals surface area contributed by atoms with Gasteiger partial charge in [-0.3, -0.25) is 4.90 Å². The molecule has 0 N–H and O–H groups in total. The van der Waals surface area contributed by atoms with E-state index in [2.05, 4.69) is 66.1 Å². The number of anilines is 1. The smallest absolute Gasteiger partial charge is 0.138 e. The van der Waals surface area contributed by atoms with Crippen molar-refractivity contribution < 1.29 is 13.9 Å². The summed E-state index contributed by atoms with van der Waals surface area (Å²) in [4.78, 5) is 4.56. The molecule has 5 heteroatoms. The van der Waals surface area contributed by atoms with Crippen LogP contribution in [0.5, 0.6) is 5.75 Å². The number of hydrogen-bond donors (Lipinski definition) is 0. The molecule has 0 unspecified atom stereocenters. The Kier molecular flexibility index (Phi) is 7.18. The number of morpholine rings is 1. The van der Waals surface area contributed by atoms with Crippen molar-refractivity contribution in [1.29, 1.82) is 0 Å². The number of fused-ring (bicyclic) bond motifs is 1. The van der Waals surface area contributed by atoms with Gasteiger partial charge in [0, 0.05) is 50.9 Å². The first kappa shape index (κ1) is 22.4. The normalized spacial score (nSPS) is 19.6. The molecule has 2 atom stereocenters. The van der Waals surface area contributed by atoms with Crippen LogP contribution in [-0.2, 0) is 4.74 Å². The van der Waals surface area contributed by atoms with Crippen LogP contribution in [-0.4, -0.2) is 57.4 Å². The number of benzene rings is 2. The van der Waals surface area contributed by atoms with Gasteiger partial charge in [-0.05, 0) is 62.2 Å². The van der Waals surface area contributed by atoms with E-state index in [0.29, 0.717) is 18.8 Å². The molecule has 5 nitrogen and oxygen atoms in total. The summed E-state index contributed by atoms with van der Waals surface area (Å²) in [5.41, 5.74) is 3.18. The van der Waals surface area contributed by atoms with Crippen molar-refractivity contribution in [2.24, 2.45) is 0 Å². The lowest BCUT2D eigenvalue weighted by Gasteiger charge is -2.35. The van der Waals surface area contributed by atoms with Gasteiger partial charge in [0.15, 0.2) is 0 Å². The lowest BCUT2D eigenvalue weighted by Crippen LogP contribution is -2.45. The van der Waals surface area contributed by atoms with Crippen LogP contribution in [0, 0.1) is 0 Å². The molecule has 1 saturated heterocycles. The molecule has 1 fully saturated rings. The highest BCUT2D eigenvalue weighted by Crippen LogP contribution is 2.26. The summed E-state index contributed by atoms with van der Waals surface area (Å²) in [6.45, 7) is 8.01. The molecular weight excluding hydrogens is 400 g/mol. The highest BCUT2D eigenvalue weighted by molar-refractivity contribution is 5.83. The van der Waals surface area contributed by atoms with Crippen molar-refractivity contribution in [2.75, 3.05) is 45.2 Å². The van der Waals surface area contributed by atoms with Crippen LogP contribution in [0.3, 0.4) is 0 Å². The van der Waals surface area contributed by atoms with Crippen molar-refractivity contribution >= 4 is 28.8 Å². The van der Waals surface area contributed by atoms with Gasteiger partial charge >= 0.3 is 0 Å². The van der Waals surface area contributed by atoms with Crippen LogP contribution in [0.1, 0.15) is 31.6 Å². The van der Waals surface area contributed by atoms with E-state index in [1.54, 1.807) is 0 Å². The summed E-state index contributed by atoms with van der Waals surface area (Å²) in [6, 6.07) is 16.6. The van der Waals surface area contributed by atoms with E-state index in [0.717, 1.165) is 54.1 Å². The van der Waals surface area contributed by atoms with Gasteiger partial charge in [0.1, 0.15) is 17.1 Å². The Morgan fingerprint density at radius 2 is 1.75 bits per heavy atom. The maximum atomic E-state index is 6.02. The van der Waals surface area contributed by atoms with Gasteiger partial charge < -0.3 is 18.8 Å². The molecule has 0 saturated carbocycles. The van der Waals surface area contributed by atoms with Crippen molar-refractivity contribution in [2.45, 2.75) is 32.5 Å². The fraction of sp³-hybridized carbons (Fsp3) is 0.407. The summed E-state index contributed by atoms with van der Waals surface area (Å²) >= 11 is 0. The standard InChI is InChI=1S/C27H34N2O3/c1-20-18-29(19-21(2)31-20)14-5-15-30-25-13-9-23-16-26(32-27(23)17-25)12-8-22-6-10-24(11-7-22)28(3)4/h6-13,16-17,20-21H,5,14-15,18-19H2,1-4H3/b12-8+/t20-,21+. The van der Waals surface area contributed by atoms with E-state index in [1.807, 2.05) is 32.3 Å². The molecule has 0 aliphatic carbocycles. The van der Waals surface area contributed by atoms with Crippen LogP contribution in [0.25, 0.3) is 23.1 Å². The number of nitrogens with zero attached hydrogens (tertiary/aromatic N) is 2. The second kappa shape index (κ2) is 10.2. The summed E-state index contributed by atoms with van der Waals surface area (Å²) in [6.07, 6.45) is 5.69. The third kappa shape index (κ3) is 5.93. The SMILES string of the molecule is C[C@@H]1CN(CCCOc2ccc3cc(/C=C/c4ccc(N(C)C)cc4)oc3c2)C[C@H](C)O1. The zero-order valence-corrected chi connectivity index (χ0v) is 19.6. The average molecular weight is 435 g/mol. The topological polar surface area (TPSA) is 38.1 Å². The van der Waals surface area contributed by atoms with E-state index in [-0.39, 0.29) is 0 Å². The molecular formula is C27H34N2O3. The summed E-state index contributed by atoms with van der Waals surface area (Å²) in [7, 11) is 4.09. The molecule has 3 aromatic rings. The van der Waals surface area contributed by atoms with Crippen LogP contribution in [0.4, 0.5) is 5.69 Å². The minimum absolute atomic E-state index is 0.307. The molecule has 0 radical (unpaired) electrons. The quantitative estimate of drug-likeness (QED) is 0.435. The Labute approximate surface area is 191 Å². The predicted molar refractivity (Wildman–Crippen MR) is 132 cm³/mol. The lowest BCUT2D eigenvalue weighted by molar-refractivity contribution is -0.0686. The van der Waals surface area contributed by atoms with Crippen LogP contribution in [0.15, 0.2) is 52.9 Å². The van der Waals surface area contributed by atoms with Crippen LogP contribution < -0.4 is 9.64 Å². The van der Waals surface area contributed by atoms with E-state index in [1.165, 1.54) is 5.69 Å². The Balaban J connectivity index is 1.30. The van der Waals surface area contributed by atoms with Crippen molar-refractivity contribution in [3.63, 3.8) is 0 Å². The van der Waals surface area contributed by atoms with Gasteiger partial charge in [-0.1, -0.05) is 18.2 Å². The molecule has 32 heavy (non-hydrogen) atoms.